The summed E-state index contributed by atoms with van der Waals surface area (Å²) in [5.41, 5.74) is 2.80. The molecule has 0 radical (unpaired) electrons. The number of halogens is 2. The van der Waals surface area contributed by atoms with Crippen LogP contribution in [-0.4, -0.2) is 116 Å². The monoisotopic (exact) mass is 885 g/mol. The Balaban J connectivity index is 0.755. The molecule has 2 aliphatic carbocycles. The molecule has 18 heteroatoms. The second-order valence-corrected chi connectivity index (χ2v) is 18.6. The van der Waals surface area contributed by atoms with Crippen LogP contribution in [0.2, 0.25) is 0 Å². The van der Waals surface area contributed by atoms with Crippen LogP contribution in [0.1, 0.15) is 82.7 Å². The first kappa shape index (κ1) is 42.5. The molecular weight excluding hydrogens is 833 g/mol. The second kappa shape index (κ2) is 17.1. The summed E-state index contributed by atoms with van der Waals surface area (Å²) in [7, 11) is 0. The summed E-state index contributed by atoms with van der Waals surface area (Å²) in [6.07, 6.45) is 15.6. The minimum absolute atomic E-state index is 0.124. The van der Waals surface area contributed by atoms with Crippen molar-refractivity contribution in [2.45, 2.75) is 94.9 Å². The number of pyridine rings is 1. The summed E-state index contributed by atoms with van der Waals surface area (Å²) < 4.78 is 34.9. The number of carbonyl (C=O) groups excluding carboxylic acids is 3. The number of piperazine rings is 1. The Labute approximate surface area is 375 Å². The minimum atomic E-state index is -1.38. The van der Waals surface area contributed by atoms with E-state index in [2.05, 4.69) is 48.9 Å². The molecule has 0 spiro atoms. The van der Waals surface area contributed by atoms with Crippen molar-refractivity contribution in [3.8, 4) is 28.6 Å². The maximum Gasteiger partial charge on any atom is 0.249 e. The van der Waals surface area contributed by atoms with Crippen LogP contribution in [-0.2, 0) is 14.4 Å². The van der Waals surface area contributed by atoms with Crippen molar-refractivity contribution in [2.75, 3.05) is 60.9 Å². The lowest BCUT2D eigenvalue weighted by Crippen LogP contribution is -2.54. The maximum atomic E-state index is 16.2. The van der Waals surface area contributed by atoms with Crippen LogP contribution in [0.3, 0.4) is 0 Å². The number of imide groups is 1. The average molecular weight is 886 g/mol. The zero-order valence-corrected chi connectivity index (χ0v) is 36.5. The fourth-order valence-electron chi connectivity index (χ4n) is 10.1. The highest BCUT2D eigenvalue weighted by atomic mass is 19.1. The van der Waals surface area contributed by atoms with Gasteiger partial charge >= 0.3 is 0 Å². The Morgan fingerprint density at radius 2 is 1.75 bits per heavy atom. The van der Waals surface area contributed by atoms with Gasteiger partial charge in [-0.3, -0.25) is 29.3 Å². The molecule has 16 nitrogen and oxygen atoms in total. The number of nitriles is 1. The van der Waals surface area contributed by atoms with Gasteiger partial charge in [-0.25, -0.2) is 23.3 Å². The standard InChI is InChI=1S/C47H53F2N13O3/c1-2-46(45(65)55-33-4-3-5-33)12-14-60(15-13-46)40-10-6-30(24-51-40)42-43-31(23-50)25-53-62(43)28-38(56-42)32-26-52-61(27-32)35-21-47(49,22-35)29-58-16-18-59(19-17-58)39-9-7-34(20-36(39)48)54-37-8-11-41(63)57-44(37)64/h6-7,9-10,20,24-28,33,35,37,54H,2-5,8,11-19,21-22,29H2,1H3,(H,55,65)(H,57,63,64)/t35?,37-,47?/m1/s1. The van der Waals surface area contributed by atoms with Crippen molar-refractivity contribution in [3.05, 3.63) is 72.7 Å². The van der Waals surface area contributed by atoms with Crippen molar-refractivity contribution in [2.24, 2.45) is 5.41 Å². The molecule has 5 aliphatic rings. The van der Waals surface area contributed by atoms with Gasteiger partial charge in [-0.1, -0.05) is 6.92 Å². The highest BCUT2D eigenvalue weighted by molar-refractivity contribution is 6.01. The molecule has 1 aromatic carbocycles. The first-order valence-corrected chi connectivity index (χ1v) is 22.9. The third-order valence-electron chi connectivity index (χ3n) is 14.5. The predicted molar refractivity (Wildman–Crippen MR) is 239 cm³/mol. The van der Waals surface area contributed by atoms with Crippen LogP contribution >= 0.6 is 0 Å². The van der Waals surface area contributed by atoms with Gasteiger partial charge in [0, 0.05) is 100 Å². The van der Waals surface area contributed by atoms with Gasteiger partial charge in [0.25, 0.3) is 0 Å². The Morgan fingerprint density at radius 1 is 0.954 bits per heavy atom. The molecule has 3 saturated heterocycles. The van der Waals surface area contributed by atoms with Gasteiger partial charge in [-0.15, -0.1) is 0 Å². The molecule has 5 fully saturated rings. The Hall–Kier alpha value is -6.48. The van der Waals surface area contributed by atoms with Crippen LogP contribution in [0.15, 0.2) is 61.3 Å². The number of piperidine rings is 2. The molecule has 1 atom stereocenters. The van der Waals surface area contributed by atoms with Gasteiger partial charge in [-0.2, -0.15) is 15.5 Å². The number of alkyl halides is 1. The molecule has 3 aliphatic heterocycles. The first-order valence-electron chi connectivity index (χ1n) is 22.9. The van der Waals surface area contributed by atoms with Gasteiger partial charge in [0.15, 0.2) is 0 Å². The lowest BCUT2D eigenvalue weighted by Gasteiger charge is -2.46. The SMILES string of the molecule is CCC1(C(=O)NC2CCC2)CCN(c2ccc(-c3nc(-c4cnn(C5CC(F)(CN6CCN(c7ccc(N[C@@H]8CCC(=O)NC8=O)cc7F)CC6)C5)c4)cn4ncc(C#N)c34)cn2)CC1. The van der Waals surface area contributed by atoms with E-state index in [4.69, 9.17) is 9.97 Å². The number of anilines is 3. The van der Waals surface area contributed by atoms with E-state index in [0.717, 1.165) is 62.1 Å². The average Bonchev–Trinajstić information content (AvgIpc) is 3.96. The van der Waals surface area contributed by atoms with Crippen LogP contribution in [0.4, 0.5) is 26.0 Å². The number of hydrogen-bond acceptors (Lipinski definition) is 12. The molecule has 0 bridgehead atoms. The number of rotatable bonds is 12. The topological polar surface area (TPSA) is 182 Å². The third-order valence-corrected chi connectivity index (χ3v) is 14.5. The first-order chi connectivity index (χ1) is 31.5. The van der Waals surface area contributed by atoms with Crippen LogP contribution in [0, 0.1) is 22.6 Å². The van der Waals surface area contributed by atoms with E-state index in [1.807, 2.05) is 23.2 Å². The second-order valence-electron chi connectivity index (χ2n) is 18.6. The molecule has 3 N–H and O–H groups in total. The zero-order chi connectivity index (χ0) is 44.9. The maximum absolute atomic E-state index is 16.2. The van der Waals surface area contributed by atoms with Gasteiger partial charge in [0.05, 0.1) is 47.1 Å². The summed E-state index contributed by atoms with van der Waals surface area (Å²) in [6.45, 7) is 6.13. The van der Waals surface area contributed by atoms with E-state index in [-0.39, 0.29) is 36.2 Å². The number of nitrogens with zero attached hydrogens (tertiary/aromatic N) is 10. The van der Waals surface area contributed by atoms with Gasteiger partial charge in [-0.05, 0) is 75.3 Å². The van der Waals surface area contributed by atoms with E-state index in [9.17, 15) is 19.6 Å². The summed E-state index contributed by atoms with van der Waals surface area (Å²) in [5.74, 6) is -0.111. The Bertz CT molecular complexity index is 2650. The van der Waals surface area contributed by atoms with E-state index < -0.39 is 23.4 Å². The molecule has 65 heavy (non-hydrogen) atoms. The number of amides is 3. The highest BCUT2D eigenvalue weighted by Gasteiger charge is 2.47. The predicted octanol–water partition coefficient (Wildman–Crippen LogP) is 5.41. The van der Waals surface area contributed by atoms with Crippen LogP contribution in [0.25, 0.3) is 28.0 Å². The molecule has 5 aromatic rings. The van der Waals surface area contributed by atoms with Crippen molar-refractivity contribution >= 4 is 40.4 Å². The largest absolute Gasteiger partial charge is 0.374 e. The number of benzene rings is 1. The summed E-state index contributed by atoms with van der Waals surface area (Å²) in [4.78, 5) is 53.1. The molecule has 3 amide bonds. The Kier molecular flexibility index (Phi) is 11.2. The van der Waals surface area contributed by atoms with E-state index in [0.29, 0.717) is 85.3 Å². The summed E-state index contributed by atoms with van der Waals surface area (Å²) in [5, 5.41) is 27.7. The lowest BCUT2D eigenvalue weighted by atomic mass is 9.74. The number of nitrogens with one attached hydrogen (secondary N) is 3. The van der Waals surface area contributed by atoms with Crippen LogP contribution < -0.4 is 25.8 Å². The van der Waals surface area contributed by atoms with Gasteiger partial charge < -0.3 is 20.4 Å². The van der Waals surface area contributed by atoms with Gasteiger partial charge in [0.1, 0.15) is 40.5 Å². The minimum Gasteiger partial charge on any atom is -0.374 e. The quantitative estimate of drug-likeness (QED) is 0.136. The highest BCUT2D eigenvalue weighted by Crippen LogP contribution is 2.45. The van der Waals surface area contributed by atoms with Crippen molar-refractivity contribution in [1.29, 1.82) is 5.26 Å². The molecule has 7 heterocycles. The number of hydrogen-bond donors (Lipinski definition) is 3. The van der Waals surface area contributed by atoms with E-state index in [1.54, 1.807) is 39.9 Å². The molecule has 338 valence electrons. The molecule has 10 rings (SSSR count). The lowest BCUT2D eigenvalue weighted by molar-refractivity contribution is -0.134. The normalized spacial score (nSPS) is 23.7. The molecular formula is C47H53F2N13O3. The summed E-state index contributed by atoms with van der Waals surface area (Å²) in [6, 6.07) is 10.6. The van der Waals surface area contributed by atoms with E-state index >= 15 is 8.78 Å². The molecule has 0 unspecified atom stereocenters. The number of aromatic nitrogens is 6. The number of carbonyl (C=O) groups is 3. The third kappa shape index (κ3) is 8.37. The molecule has 4 aromatic heterocycles. The smallest absolute Gasteiger partial charge is 0.249 e. The zero-order valence-electron chi connectivity index (χ0n) is 36.5. The Morgan fingerprint density at radius 3 is 2.43 bits per heavy atom. The van der Waals surface area contributed by atoms with E-state index in [1.165, 1.54) is 18.7 Å². The van der Waals surface area contributed by atoms with Crippen molar-refractivity contribution in [3.63, 3.8) is 0 Å². The fraction of sp³-hybridized carbons (Fsp3) is 0.489. The summed E-state index contributed by atoms with van der Waals surface area (Å²) >= 11 is 0. The van der Waals surface area contributed by atoms with Crippen molar-refractivity contribution < 1.29 is 23.2 Å². The fourth-order valence-corrected chi connectivity index (χ4v) is 10.1. The van der Waals surface area contributed by atoms with Crippen molar-refractivity contribution in [1.82, 2.24) is 44.9 Å². The van der Waals surface area contributed by atoms with Crippen LogP contribution in [0.5, 0.6) is 0 Å². The number of fused-ring (bicyclic) bond motifs is 1. The molecule has 2 saturated carbocycles. The van der Waals surface area contributed by atoms with Gasteiger partial charge in [0.2, 0.25) is 17.7 Å².